The van der Waals surface area contributed by atoms with Gasteiger partial charge in [-0.1, -0.05) is 24.3 Å². The van der Waals surface area contributed by atoms with Crippen LogP contribution in [0.25, 0.3) is 0 Å². The quantitative estimate of drug-likeness (QED) is 0.660. The van der Waals surface area contributed by atoms with Crippen LogP contribution in [-0.2, 0) is 19.6 Å². The number of amides is 1. The van der Waals surface area contributed by atoms with Gasteiger partial charge in [-0.25, -0.2) is 8.42 Å². The Labute approximate surface area is 171 Å². The van der Waals surface area contributed by atoms with Gasteiger partial charge >= 0.3 is 0 Å². The van der Waals surface area contributed by atoms with Crippen LogP contribution in [-0.4, -0.2) is 40.1 Å². The van der Waals surface area contributed by atoms with Crippen molar-refractivity contribution in [3.05, 3.63) is 54.1 Å². The summed E-state index contributed by atoms with van der Waals surface area (Å²) in [6.07, 6.45) is 0.291. The molecule has 3 N–H and O–H groups in total. The molecule has 1 saturated heterocycles. The fourth-order valence-electron chi connectivity index (χ4n) is 2.80. The molecule has 1 atom stereocenters. The predicted molar refractivity (Wildman–Crippen MR) is 112 cm³/mol. The van der Waals surface area contributed by atoms with Gasteiger partial charge in [0.2, 0.25) is 5.91 Å². The van der Waals surface area contributed by atoms with Crippen LogP contribution in [0.15, 0.2) is 53.4 Å². The molecule has 9 heteroatoms. The van der Waals surface area contributed by atoms with E-state index in [1.54, 1.807) is 43.3 Å². The van der Waals surface area contributed by atoms with E-state index in [-0.39, 0.29) is 29.3 Å². The minimum Gasteiger partial charge on any atom is -0.378 e. The average Bonchev–Trinajstić information content (AvgIpc) is 2.66. The van der Waals surface area contributed by atoms with Crippen molar-refractivity contribution >= 4 is 39.7 Å². The number of halogens is 1. The topological polar surface area (TPSA) is 96.5 Å². The molecule has 1 heterocycles. The van der Waals surface area contributed by atoms with Crippen LogP contribution >= 0.6 is 12.4 Å². The van der Waals surface area contributed by atoms with Crippen molar-refractivity contribution in [2.45, 2.75) is 24.3 Å². The number of nitrogens with one attached hydrogen (secondary N) is 3. The highest BCUT2D eigenvalue weighted by Gasteiger charge is 2.18. The van der Waals surface area contributed by atoms with Crippen LogP contribution in [0.2, 0.25) is 0 Å². The molecule has 0 aliphatic carbocycles. The highest BCUT2D eigenvalue weighted by Crippen LogP contribution is 2.23. The molecule has 3 rings (SSSR count). The summed E-state index contributed by atoms with van der Waals surface area (Å²) in [6.45, 7) is 3.69. The largest absolute Gasteiger partial charge is 0.378 e. The summed E-state index contributed by atoms with van der Waals surface area (Å²) in [7, 11) is -3.69. The summed E-state index contributed by atoms with van der Waals surface area (Å²) in [5.74, 6) is -0.154. The van der Waals surface area contributed by atoms with Crippen LogP contribution < -0.4 is 15.4 Å². The first-order valence-electron chi connectivity index (χ1n) is 8.73. The van der Waals surface area contributed by atoms with Crippen molar-refractivity contribution in [1.82, 2.24) is 5.32 Å². The van der Waals surface area contributed by atoms with E-state index in [2.05, 4.69) is 15.4 Å². The zero-order chi connectivity index (χ0) is 19.3. The second-order valence-corrected chi connectivity index (χ2v) is 8.11. The zero-order valence-electron chi connectivity index (χ0n) is 15.5. The number of sulfonamides is 1. The lowest BCUT2D eigenvalue weighted by Crippen LogP contribution is -2.43. The predicted octanol–water partition coefficient (Wildman–Crippen LogP) is 2.53. The molecule has 7 nitrogen and oxygen atoms in total. The molecule has 0 saturated carbocycles. The molecule has 28 heavy (non-hydrogen) atoms. The van der Waals surface area contributed by atoms with Gasteiger partial charge in [0.25, 0.3) is 10.0 Å². The monoisotopic (exact) mass is 425 g/mol. The molecular weight excluding hydrogens is 402 g/mol. The Balaban J connectivity index is 0.00000280. The Morgan fingerprint density at radius 3 is 2.64 bits per heavy atom. The third kappa shape index (κ3) is 5.93. The molecule has 1 fully saturated rings. The highest BCUT2D eigenvalue weighted by molar-refractivity contribution is 7.92. The fraction of sp³-hybridized carbons (Fsp3) is 0.316. The first kappa shape index (κ1) is 22.2. The number of anilines is 2. The van der Waals surface area contributed by atoms with Crippen LogP contribution in [0.1, 0.15) is 12.0 Å². The second-order valence-electron chi connectivity index (χ2n) is 6.43. The molecule has 152 valence electrons. The Morgan fingerprint density at radius 2 is 1.96 bits per heavy atom. The van der Waals surface area contributed by atoms with Crippen LogP contribution in [0, 0.1) is 6.92 Å². The van der Waals surface area contributed by atoms with Crippen molar-refractivity contribution in [1.29, 1.82) is 0 Å². The molecule has 1 unspecified atom stereocenters. The number of aryl methyl sites for hydroxylation is 1. The van der Waals surface area contributed by atoms with Crippen LogP contribution in [0.4, 0.5) is 11.4 Å². The van der Waals surface area contributed by atoms with E-state index in [0.29, 0.717) is 31.0 Å². The molecule has 0 bridgehead atoms. The van der Waals surface area contributed by atoms with E-state index < -0.39 is 10.0 Å². The maximum absolute atomic E-state index is 12.5. The van der Waals surface area contributed by atoms with Gasteiger partial charge in [-0.2, -0.15) is 0 Å². The number of carbonyl (C=O) groups excluding carboxylic acids is 1. The molecule has 2 aromatic carbocycles. The Kier molecular flexibility index (Phi) is 7.82. The lowest BCUT2D eigenvalue weighted by molar-refractivity contribution is -0.117. The van der Waals surface area contributed by atoms with E-state index in [9.17, 15) is 13.2 Å². The minimum atomic E-state index is -3.69. The minimum absolute atomic E-state index is 0. The number of benzene rings is 2. The van der Waals surface area contributed by atoms with E-state index >= 15 is 0 Å². The summed E-state index contributed by atoms with van der Waals surface area (Å²) < 4.78 is 33.0. The van der Waals surface area contributed by atoms with Gasteiger partial charge in [0.15, 0.2) is 0 Å². The first-order valence-corrected chi connectivity index (χ1v) is 10.2. The van der Waals surface area contributed by atoms with Crippen molar-refractivity contribution in [2.75, 3.05) is 29.8 Å². The number of hydrogen-bond acceptors (Lipinski definition) is 5. The fourth-order valence-corrected chi connectivity index (χ4v) is 3.94. The van der Waals surface area contributed by atoms with Crippen molar-refractivity contribution in [3.63, 3.8) is 0 Å². The van der Waals surface area contributed by atoms with Crippen molar-refractivity contribution in [2.24, 2.45) is 0 Å². The van der Waals surface area contributed by atoms with Gasteiger partial charge in [-0.15, -0.1) is 12.4 Å². The molecule has 1 amide bonds. The Hall–Kier alpha value is -2.13. The summed E-state index contributed by atoms with van der Waals surface area (Å²) in [4.78, 5) is 12.4. The molecular formula is C19H24ClN3O4S. The number of carbonyl (C=O) groups is 1. The zero-order valence-corrected chi connectivity index (χ0v) is 17.1. The third-order valence-corrected chi connectivity index (χ3v) is 5.63. The number of ether oxygens (including phenoxy) is 1. The highest BCUT2D eigenvalue weighted by atomic mass is 35.5. The van der Waals surface area contributed by atoms with E-state index in [1.165, 1.54) is 12.1 Å². The maximum Gasteiger partial charge on any atom is 0.261 e. The Morgan fingerprint density at radius 1 is 1.21 bits per heavy atom. The molecule has 1 aliphatic heterocycles. The number of rotatable bonds is 6. The van der Waals surface area contributed by atoms with E-state index in [0.717, 1.165) is 12.1 Å². The van der Waals surface area contributed by atoms with Gasteiger partial charge in [-0.05, 0) is 36.8 Å². The molecule has 0 spiro atoms. The van der Waals surface area contributed by atoms with Gasteiger partial charge < -0.3 is 15.4 Å². The lowest BCUT2D eigenvalue weighted by Gasteiger charge is -2.23. The lowest BCUT2D eigenvalue weighted by atomic mass is 10.1. The SMILES string of the molecule is Cc1ccc(NC(=O)CC2COCCN2)cc1NS(=O)(=O)c1ccccc1.Cl. The standard InChI is InChI=1S/C19H23N3O4S.ClH/c1-14-7-8-15(21-19(23)12-16-13-26-10-9-20-16)11-18(14)22-27(24,25)17-5-3-2-4-6-17;/h2-8,11,16,20,22H,9-10,12-13H2,1H3,(H,21,23);1H. The average molecular weight is 426 g/mol. The van der Waals surface area contributed by atoms with Crippen molar-refractivity contribution in [3.8, 4) is 0 Å². The van der Waals surface area contributed by atoms with Crippen LogP contribution in [0.3, 0.4) is 0 Å². The van der Waals surface area contributed by atoms with Crippen molar-refractivity contribution < 1.29 is 17.9 Å². The van der Waals surface area contributed by atoms with Gasteiger partial charge in [0.05, 0.1) is 23.8 Å². The van der Waals surface area contributed by atoms with Gasteiger partial charge in [0.1, 0.15) is 0 Å². The summed E-state index contributed by atoms with van der Waals surface area (Å²) in [6, 6.07) is 13.3. The van der Waals surface area contributed by atoms with E-state index in [1.807, 2.05) is 0 Å². The second kappa shape index (κ2) is 9.88. The smallest absolute Gasteiger partial charge is 0.261 e. The van der Waals surface area contributed by atoms with Crippen LogP contribution in [0.5, 0.6) is 0 Å². The first-order chi connectivity index (χ1) is 12.9. The molecule has 1 aliphatic rings. The summed E-state index contributed by atoms with van der Waals surface area (Å²) in [5.41, 5.74) is 1.72. The maximum atomic E-state index is 12.5. The molecule has 2 aromatic rings. The van der Waals surface area contributed by atoms with Gasteiger partial charge in [0, 0.05) is 24.7 Å². The summed E-state index contributed by atoms with van der Waals surface area (Å²) in [5, 5.41) is 6.04. The normalized spacial score (nSPS) is 16.7. The summed E-state index contributed by atoms with van der Waals surface area (Å²) >= 11 is 0. The van der Waals surface area contributed by atoms with Gasteiger partial charge in [-0.3, -0.25) is 9.52 Å². The number of hydrogen-bond donors (Lipinski definition) is 3. The molecule has 0 aromatic heterocycles. The number of morpholine rings is 1. The Bertz CT molecular complexity index is 901. The van der Waals surface area contributed by atoms with E-state index in [4.69, 9.17) is 4.74 Å². The molecule has 0 radical (unpaired) electrons. The third-order valence-electron chi connectivity index (χ3n) is 4.25.